The number of para-hydroxylation sites is 1. The van der Waals surface area contributed by atoms with Gasteiger partial charge in [0.25, 0.3) is 0 Å². The fourth-order valence-electron chi connectivity index (χ4n) is 15.2. The first-order chi connectivity index (χ1) is 37.3. The van der Waals surface area contributed by atoms with E-state index in [1.165, 1.54) is 115 Å². The zero-order valence-corrected chi connectivity index (χ0v) is 47.6. The van der Waals surface area contributed by atoms with Crippen LogP contribution < -0.4 is 20.8 Å². The molecule has 5 heteroatoms. The van der Waals surface area contributed by atoms with E-state index >= 15 is 0 Å². The standard InChI is InChI=1S/C73H71BN2O2/c1-12-13-19-43-24-28-46(29-25-43)75-61-39-51-48-22-17-18-23-62(48)77-67(51)64-52-36-49-50-37-56-58(71(6,7)34-32-69(56,2)3)40-54(50)73(10,11)55(49)41-60(52)76(47-30-26-45(27-31-47)44-20-15-14-16-21-44)74(65(61)64)68-66(75)53-38-57-59(42-63(53)78-68)72(8,9)35-33-70(57,4)5/h14-18,20-31,36-42H,12-13,19,32-35H2,1-11H3. The molecule has 0 bridgehead atoms. The van der Waals surface area contributed by atoms with Crippen molar-refractivity contribution < 1.29 is 8.83 Å². The third-order valence-corrected chi connectivity index (χ3v) is 20.2. The smallest absolute Gasteiger partial charge is 0.376 e. The van der Waals surface area contributed by atoms with E-state index < -0.39 is 0 Å². The van der Waals surface area contributed by atoms with E-state index in [0.717, 1.165) is 75.1 Å². The third kappa shape index (κ3) is 6.66. The molecule has 0 N–H and O–H groups in total. The lowest BCUT2D eigenvalue weighted by Crippen LogP contribution is -2.61. The van der Waals surface area contributed by atoms with Crippen LogP contribution in [0.1, 0.15) is 154 Å². The minimum Gasteiger partial charge on any atom is -0.466 e. The summed E-state index contributed by atoms with van der Waals surface area (Å²) in [6.07, 6.45) is 8.02. The number of hydrogen-bond acceptors (Lipinski definition) is 4. The summed E-state index contributed by atoms with van der Waals surface area (Å²) in [6, 6.07) is 56.1. The van der Waals surface area contributed by atoms with Gasteiger partial charge in [-0.15, -0.1) is 0 Å². The van der Waals surface area contributed by atoms with Crippen molar-refractivity contribution in [2.45, 2.75) is 148 Å². The molecule has 0 saturated carbocycles. The van der Waals surface area contributed by atoms with Crippen molar-refractivity contribution in [1.82, 2.24) is 0 Å². The fraction of sp³-hybridized carbons (Fsp3) is 0.315. The number of unbranched alkanes of at least 4 members (excludes halogenated alkanes) is 1. The molecule has 0 radical (unpaired) electrons. The van der Waals surface area contributed by atoms with Crippen LogP contribution in [0.4, 0.5) is 28.4 Å². The maximum atomic E-state index is 7.79. The van der Waals surface area contributed by atoms with Crippen molar-refractivity contribution in [2.75, 3.05) is 9.71 Å². The Hall–Kier alpha value is -7.24. The second kappa shape index (κ2) is 16.2. The molecule has 15 rings (SSSR count). The second-order valence-electron chi connectivity index (χ2n) is 27.2. The van der Waals surface area contributed by atoms with Crippen LogP contribution in [0.5, 0.6) is 0 Å². The molecule has 0 amide bonds. The summed E-state index contributed by atoms with van der Waals surface area (Å²) in [6.45, 7) is 26.5. The molecule has 3 aliphatic carbocycles. The molecule has 8 aromatic carbocycles. The van der Waals surface area contributed by atoms with Crippen molar-refractivity contribution in [2.24, 2.45) is 0 Å². The van der Waals surface area contributed by atoms with Crippen LogP contribution >= 0.6 is 0 Å². The first kappa shape index (κ1) is 47.9. The molecule has 0 spiro atoms. The number of anilines is 5. The average Bonchev–Trinajstić information content (AvgIpc) is 4.18. The SMILES string of the molecule is CCCCc1ccc(N2c3cc4c(oc5ccccc54)c4c3B(c3oc5cc6c(cc5c32)C(C)(C)CCC6(C)C)N(c2ccc(-c3ccccc3)cc2)c2cc3c(cc2-4)-c2cc4c(cc2C3(C)C)C(C)(C)CCC4(C)C)cc1. The highest BCUT2D eigenvalue weighted by atomic mass is 16.3. The monoisotopic (exact) mass is 1020 g/mol. The van der Waals surface area contributed by atoms with Crippen LogP contribution in [-0.2, 0) is 33.5 Å². The summed E-state index contributed by atoms with van der Waals surface area (Å²) in [7, 11) is 0. The largest absolute Gasteiger partial charge is 0.466 e. The Labute approximate surface area is 461 Å². The number of aryl methyl sites for hydroxylation is 1. The van der Waals surface area contributed by atoms with E-state index in [2.05, 4.69) is 231 Å². The van der Waals surface area contributed by atoms with Crippen LogP contribution in [0.3, 0.4) is 0 Å². The normalized spacial score (nSPS) is 18.3. The highest BCUT2D eigenvalue weighted by molar-refractivity contribution is 6.93. The van der Waals surface area contributed by atoms with Gasteiger partial charge in [-0.25, -0.2) is 0 Å². The summed E-state index contributed by atoms with van der Waals surface area (Å²) in [5.41, 5.74) is 28.0. The Morgan fingerprint density at radius 1 is 0.474 bits per heavy atom. The minimum absolute atomic E-state index is 0.00240. The predicted molar refractivity (Wildman–Crippen MR) is 329 cm³/mol. The van der Waals surface area contributed by atoms with Gasteiger partial charge in [0, 0.05) is 55.5 Å². The van der Waals surface area contributed by atoms with Crippen molar-refractivity contribution in [3.63, 3.8) is 0 Å². The Balaban J connectivity index is 1.08. The first-order valence-corrected chi connectivity index (χ1v) is 29.2. The fourth-order valence-corrected chi connectivity index (χ4v) is 15.2. The predicted octanol–water partition coefficient (Wildman–Crippen LogP) is 19.1. The van der Waals surface area contributed by atoms with E-state index in [9.17, 15) is 0 Å². The number of fused-ring (bicyclic) bond motifs is 15. The molecule has 10 aromatic rings. The van der Waals surface area contributed by atoms with E-state index in [1.54, 1.807) is 0 Å². The molecule has 388 valence electrons. The quantitative estimate of drug-likeness (QED) is 0.155. The van der Waals surface area contributed by atoms with Gasteiger partial charge in [-0.2, -0.15) is 0 Å². The lowest BCUT2D eigenvalue weighted by Gasteiger charge is -2.44. The summed E-state index contributed by atoms with van der Waals surface area (Å²) in [5, 5.41) is 3.42. The van der Waals surface area contributed by atoms with Crippen LogP contribution in [0.25, 0.3) is 66.3 Å². The van der Waals surface area contributed by atoms with E-state index in [0.29, 0.717) is 0 Å². The van der Waals surface area contributed by atoms with Crippen molar-refractivity contribution in [1.29, 1.82) is 0 Å². The molecule has 0 unspecified atom stereocenters. The van der Waals surface area contributed by atoms with E-state index in [-0.39, 0.29) is 33.9 Å². The van der Waals surface area contributed by atoms with Crippen molar-refractivity contribution in [3.05, 3.63) is 185 Å². The molecular weight excluding hydrogens is 948 g/mol. The van der Waals surface area contributed by atoms with Crippen molar-refractivity contribution >= 4 is 79.3 Å². The minimum atomic E-state index is -0.345. The lowest BCUT2D eigenvalue weighted by molar-refractivity contribution is 0.331. The van der Waals surface area contributed by atoms with Gasteiger partial charge < -0.3 is 18.5 Å². The zero-order valence-electron chi connectivity index (χ0n) is 47.6. The zero-order chi connectivity index (χ0) is 53.6. The summed E-state index contributed by atoms with van der Waals surface area (Å²) >= 11 is 0. The number of furan rings is 2. The molecular formula is C73H71BN2O2. The van der Waals surface area contributed by atoms with Crippen LogP contribution in [0, 0.1) is 0 Å². The molecule has 0 saturated heterocycles. The van der Waals surface area contributed by atoms with Crippen LogP contribution in [-0.4, -0.2) is 6.85 Å². The van der Waals surface area contributed by atoms with Gasteiger partial charge in [0.1, 0.15) is 22.4 Å². The highest BCUT2D eigenvalue weighted by Gasteiger charge is 2.52. The number of benzene rings is 8. The second-order valence-corrected chi connectivity index (χ2v) is 27.2. The van der Waals surface area contributed by atoms with Gasteiger partial charge in [0.2, 0.25) is 0 Å². The Bertz CT molecular complexity index is 4160. The third-order valence-electron chi connectivity index (χ3n) is 20.2. The highest BCUT2D eigenvalue weighted by Crippen LogP contribution is 2.60. The van der Waals surface area contributed by atoms with Crippen LogP contribution in [0.2, 0.25) is 0 Å². The van der Waals surface area contributed by atoms with Gasteiger partial charge in [-0.3, -0.25) is 0 Å². The first-order valence-electron chi connectivity index (χ1n) is 29.2. The molecule has 5 aliphatic rings. The Morgan fingerprint density at radius 3 is 1.76 bits per heavy atom. The number of hydrogen-bond donors (Lipinski definition) is 0. The van der Waals surface area contributed by atoms with E-state index in [1.807, 2.05) is 0 Å². The Morgan fingerprint density at radius 2 is 1.06 bits per heavy atom. The maximum Gasteiger partial charge on any atom is 0.376 e. The maximum absolute atomic E-state index is 7.79. The molecule has 4 nitrogen and oxygen atoms in total. The average molecular weight is 1020 g/mol. The lowest BCUT2D eigenvalue weighted by atomic mass is 9.45. The van der Waals surface area contributed by atoms with Gasteiger partial charge in [0.05, 0.1) is 5.69 Å². The number of nitrogens with zero attached hydrogens (tertiary/aromatic N) is 2. The molecule has 2 aliphatic heterocycles. The van der Waals surface area contributed by atoms with Crippen LogP contribution in [0.15, 0.2) is 154 Å². The molecule has 0 atom stereocenters. The van der Waals surface area contributed by atoms with Gasteiger partial charge in [-0.1, -0.05) is 161 Å². The molecule has 2 aromatic heterocycles. The topological polar surface area (TPSA) is 32.8 Å². The summed E-state index contributed by atoms with van der Waals surface area (Å²) in [5.74, 6) is 0. The van der Waals surface area contributed by atoms with Gasteiger partial charge in [-0.05, 0) is 194 Å². The molecule has 78 heavy (non-hydrogen) atoms. The summed E-state index contributed by atoms with van der Waals surface area (Å²) < 4.78 is 15.1. The van der Waals surface area contributed by atoms with Gasteiger partial charge >= 0.3 is 6.85 Å². The van der Waals surface area contributed by atoms with Gasteiger partial charge in [0.15, 0.2) is 0 Å². The van der Waals surface area contributed by atoms with E-state index in [4.69, 9.17) is 8.83 Å². The molecule has 4 heterocycles. The summed E-state index contributed by atoms with van der Waals surface area (Å²) in [4.78, 5) is 5.24. The molecule has 0 fully saturated rings. The Kier molecular flexibility index (Phi) is 9.95. The number of rotatable bonds is 6. The van der Waals surface area contributed by atoms with Crippen molar-refractivity contribution in [3.8, 4) is 33.4 Å².